The number of benzene rings is 2. The Labute approximate surface area is 125 Å². The minimum absolute atomic E-state index is 1.24. The topological polar surface area (TPSA) is 0 Å². The van der Waals surface area contributed by atoms with Gasteiger partial charge in [0.05, 0.1) is 0 Å². The molecule has 0 aliphatic heterocycles. The first kappa shape index (κ1) is 14.5. The number of hydrogen-bond donors (Lipinski definition) is 0. The normalized spacial score (nSPS) is 10.5. The van der Waals surface area contributed by atoms with Crippen molar-refractivity contribution in [1.82, 2.24) is 0 Å². The maximum atomic E-state index is 2.19. The van der Waals surface area contributed by atoms with Crippen LogP contribution < -0.4 is 0 Å². The average Bonchev–Trinajstić information content (AvgIpc) is 2.48. The van der Waals surface area contributed by atoms with Crippen LogP contribution in [0.15, 0.2) is 70.5 Å². The lowest BCUT2D eigenvalue weighted by Crippen LogP contribution is -1.84. The highest BCUT2D eigenvalue weighted by Gasteiger charge is 1.95. The van der Waals surface area contributed by atoms with E-state index in [9.17, 15) is 0 Å². The zero-order valence-electron chi connectivity index (χ0n) is 11.1. The molecule has 2 heteroatoms. The lowest BCUT2D eigenvalue weighted by molar-refractivity contribution is 0.785. The van der Waals surface area contributed by atoms with Gasteiger partial charge in [0.25, 0.3) is 0 Å². The largest absolute Gasteiger partial charge is 0.126 e. The van der Waals surface area contributed by atoms with Gasteiger partial charge in [0.2, 0.25) is 0 Å². The van der Waals surface area contributed by atoms with Crippen LogP contribution in [0, 0.1) is 0 Å². The van der Waals surface area contributed by atoms with Crippen molar-refractivity contribution in [3.63, 3.8) is 0 Å². The van der Waals surface area contributed by atoms with Crippen molar-refractivity contribution < 1.29 is 0 Å². The fraction of sp³-hybridized carbons (Fsp3) is 0.294. The molecule has 0 N–H and O–H groups in total. The van der Waals surface area contributed by atoms with Crippen molar-refractivity contribution in [1.29, 1.82) is 0 Å². The molecule has 0 heterocycles. The second-order valence-electron chi connectivity index (χ2n) is 4.38. The van der Waals surface area contributed by atoms with Crippen LogP contribution in [0.5, 0.6) is 0 Å². The molecule has 0 unspecified atom stereocenters. The van der Waals surface area contributed by atoms with Crippen LogP contribution in [0.3, 0.4) is 0 Å². The van der Waals surface area contributed by atoms with E-state index in [-0.39, 0.29) is 0 Å². The van der Waals surface area contributed by atoms with Crippen LogP contribution in [0.2, 0.25) is 0 Å². The van der Waals surface area contributed by atoms with E-state index in [0.717, 1.165) is 0 Å². The van der Waals surface area contributed by atoms with Crippen molar-refractivity contribution in [2.45, 2.75) is 29.1 Å². The van der Waals surface area contributed by atoms with Crippen molar-refractivity contribution in [3.8, 4) is 0 Å². The Morgan fingerprint density at radius 3 is 1.37 bits per heavy atom. The van der Waals surface area contributed by atoms with Gasteiger partial charge in [-0.2, -0.15) is 0 Å². The van der Waals surface area contributed by atoms with E-state index in [1.54, 1.807) is 0 Å². The van der Waals surface area contributed by atoms with Gasteiger partial charge in [-0.15, -0.1) is 23.5 Å². The summed E-state index contributed by atoms with van der Waals surface area (Å²) in [6.07, 6.45) is 3.96. The van der Waals surface area contributed by atoms with Gasteiger partial charge in [-0.05, 0) is 48.6 Å². The third-order valence-electron chi connectivity index (χ3n) is 2.81. The summed E-state index contributed by atoms with van der Waals surface area (Å²) in [6, 6.07) is 21.3. The predicted octanol–water partition coefficient (Wildman–Crippen LogP) is 5.74. The smallest absolute Gasteiger partial charge is 0.00719 e. The van der Waals surface area contributed by atoms with E-state index in [0.29, 0.717) is 0 Å². The summed E-state index contributed by atoms with van der Waals surface area (Å²) in [5, 5.41) is 0. The molecular weight excluding hydrogens is 268 g/mol. The summed E-state index contributed by atoms with van der Waals surface area (Å²) in [5.41, 5.74) is 0. The molecular formula is C17H20S2. The van der Waals surface area contributed by atoms with Gasteiger partial charge in [0.1, 0.15) is 0 Å². The highest BCUT2D eigenvalue weighted by molar-refractivity contribution is 7.99. The van der Waals surface area contributed by atoms with E-state index in [1.807, 2.05) is 23.5 Å². The monoisotopic (exact) mass is 288 g/mol. The zero-order valence-corrected chi connectivity index (χ0v) is 12.8. The van der Waals surface area contributed by atoms with Crippen molar-refractivity contribution in [3.05, 3.63) is 60.7 Å². The maximum absolute atomic E-state index is 2.19. The molecule has 0 aromatic heterocycles. The van der Waals surface area contributed by atoms with Gasteiger partial charge in [-0.25, -0.2) is 0 Å². The van der Waals surface area contributed by atoms with Crippen LogP contribution in [-0.4, -0.2) is 11.5 Å². The molecule has 0 aliphatic carbocycles. The standard InChI is InChI=1S/C17H20S2/c1-4-10-16(11-5-1)18-14-8-3-9-15-19-17-12-6-2-7-13-17/h1-2,4-7,10-13H,3,8-9,14-15H2. The lowest BCUT2D eigenvalue weighted by Gasteiger charge is -2.03. The summed E-state index contributed by atoms with van der Waals surface area (Å²) in [4.78, 5) is 2.78. The first-order chi connectivity index (χ1) is 9.45. The molecule has 0 radical (unpaired) electrons. The molecule has 0 saturated heterocycles. The average molecular weight is 288 g/mol. The minimum atomic E-state index is 1.24. The molecule has 0 aliphatic rings. The molecule has 2 rings (SSSR count). The Bertz CT molecular complexity index is 396. The number of unbranched alkanes of at least 4 members (excludes halogenated alkanes) is 2. The van der Waals surface area contributed by atoms with Crippen LogP contribution in [-0.2, 0) is 0 Å². The predicted molar refractivity (Wildman–Crippen MR) is 88.2 cm³/mol. The van der Waals surface area contributed by atoms with Gasteiger partial charge in [-0.1, -0.05) is 42.8 Å². The van der Waals surface area contributed by atoms with E-state index in [4.69, 9.17) is 0 Å². The minimum Gasteiger partial charge on any atom is -0.126 e. The molecule has 2 aromatic rings. The summed E-state index contributed by atoms with van der Waals surface area (Å²) >= 11 is 3.94. The highest BCUT2D eigenvalue weighted by Crippen LogP contribution is 2.21. The van der Waals surface area contributed by atoms with Crippen LogP contribution in [0.4, 0.5) is 0 Å². The van der Waals surface area contributed by atoms with Gasteiger partial charge in [0.15, 0.2) is 0 Å². The first-order valence-electron chi connectivity index (χ1n) is 6.81. The Balaban J connectivity index is 1.49. The lowest BCUT2D eigenvalue weighted by atomic mass is 10.3. The molecule has 0 amide bonds. The molecule has 2 aromatic carbocycles. The van der Waals surface area contributed by atoms with Gasteiger partial charge >= 0.3 is 0 Å². The van der Waals surface area contributed by atoms with Gasteiger partial charge in [-0.3, -0.25) is 0 Å². The Hall–Kier alpha value is -0.860. The Kier molecular flexibility index (Phi) is 6.97. The Morgan fingerprint density at radius 2 is 0.947 bits per heavy atom. The van der Waals surface area contributed by atoms with E-state index in [1.165, 1.54) is 40.6 Å². The third kappa shape index (κ3) is 6.22. The molecule has 100 valence electrons. The summed E-state index contributed by atoms with van der Waals surface area (Å²) < 4.78 is 0. The fourth-order valence-corrected chi connectivity index (χ4v) is 3.66. The van der Waals surface area contributed by atoms with Gasteiger partial charge in [0, 0.05) is 9.79 Å². The molecule has 0 atom stereocenters. The molecule has 0 saturated carbocycles. The fourth-order valence-electron chi connectivity index (χ4n) is 1.79. The van der Waals surface area contributed by atoms with Gasteiger partial charge < -0.3 is 0 Å². The Morgan fingerprint density at radius 1 is 0.526 bits per heavy atom. The maximum Gasteiger partial charge on any atom is 0.00719 e. The number of thioether (sulfide) groups is 2. The zero-order chi connectivity index (χ0) is 13.2. The molecule has 0 nitrogen and oxygen atoms in total. The van der Waals surface area contributed by atoms with Crippen LogP contribution >= 0.6 is 23.5 Å². The van der Waals surface area contributed by atoms with E-state index in [2.05, 4.69) is 60.7 Å². The van der Waals surface area contributed by atoms with Crippen LogP contribution in [0.1, 0.15) is 19.3 Å². The highest BCUT2D eigenvalue weighted by atomic mass is 32.2. The molecule has 0 fully saturated rings. The SMILES string of the molecule is c1ccc(SCCCCCSc2ccccc2)cc1. The summed E-state index contributed by atoms with van der Waals surface area (Å²) in [6.45, 7) is 0. The third-order valence-corrected chi connectivity index (χ3v) is 5.01. The second-order valence-corrected chi connectivity index (χ2v) is 6.72. The molecule has 19 heavy (non-hydrogen) atoms. The quantitative estimate of drug-likeness (QED) is 0.448. The van der Waals surface area contributed by atoms with Crippen molar-refractivity contribution in [2.75, 3.05) is 11.5 Å². The summed E-state index contributed by atoms with van der Waals surface area (Å²) in [7, 11) is 0. The second kappa shape index (κ2) is 9.11. The van der Waals surface area contributed by atoms with Crippen molar-refractivity contribution in [2.24, 2.45) is 0 Å². The first-order valence-corrected chi connectivity index (χ1v) is 8.78. The summed E-state index contributed by atoms with van der Waals surface area (Å²) in [5.74, 6) is 2.47. The van der Waals surface area contributed by atoms with E-state index >= 15 is 0 Å². The van der Waals surface area contributed by atoms with E-state index < -0.39 is 0 Å². The molecule has 0 bridgehead atoms. The van der Waals surface area contributed by atoms with Crippen LogP contribution in [0.25, 0.3) is 0 Å². The number of hydrogen-bond acceptors (Lipinski definition) is 2. The number of rotatable bonds is 8. The van der Waals surface area contributed by atoms with Crippen molar-refractivity contribution >= 4 is 23.5 Å². The molecule has 0 spiro atoms.